The maximum Gasteiger partial charge on any atom is 0.227 e. The summed E-state index contributed by atoms with van der Waals surface area (Å²) in [6.07, 6.45) is 0. The van der Waals surface area contributed by atoms with E-state index in [9.17, 15) is 8.42 Å². The average Bonchev–Trinajstić information content (AvgIpc) is 3.07. The zero-order chi connectivity index (χ0) is 17.4. The zero-order valence-electron chi connectivity index (χ0n) is 14.3. The normalized spacial score (nSPS) is 15.8. The van der Waals surface area contributed by atoms with Crippen LogP contribution in [0.3, 0.4) is 0 Å². The lowest BCUT2D eigenvalue weighted by Gasteiger charge is -2.33. The van der Waals surface area contributed by atoms with Gasteiger partial charge in [0.05, 0.1) is 10.4 Å². The van der Waals surface area contributed by atoms with Crippen LogP contribution in [0.5, 0.6) is 0 Å². The minimum atomic E-state index is -3.71. The van der Waals surface area contributed by atoms with Gasteiger partial charge in [0.25, 0.3) is 0 Å². The number of fused-ring (bicyclic) bond motifs is 1. The van der Waals surface area contributed by atoms with Gasteiger partial charge in [-0.25, -0.2) is 13.4 Å². The fourth-order valence-corrected chi connectivity index (χ4v) is 4.29. The highest BCUT2D eigenvalue weighted by atomic mass is 35.5. The van der Waals surface area contributed by atoms with E-state index in [2.05, 4.69) is 32.0 Å². The fourth-order valence-electron chi connectivity index (χ4n) is 2.98. The first-order chi connectivity index (χ1) is 12.1. The quantitative estimate of drug-likeness (QED) is 0.732. The topological polar surface area (TPSA) is 82.2 Å². The molecule has 2 aromatic heterocycles. The summed E-state index contributed by atoms with van der Waals surface area (Å²) >= 11 is 0. The average molecular weight is 394 g/mol. The molecule has 3 aromatic rings. The predicted octanol–water partition coefficient (Wildman–Crippen LogP) is 1.96. The minimum Gasteiger partial charge on any atom is -0.354 e. The number of sulfone groups is 1. The van der Waals surface area contributed by atoms with Gasteiger partial charge in [0.15, 0.2) is 0 Å². The van der Waals surface area contributed by atoms with Crippen molar-refractivity contribution >= 4 is 39.1 Å². The Bertz CT molecular complexity index is 998. The molecule has 26 heavy (non-hydrogen) atoms. The Balaban J connectivity index is 0.00000196. The van der Waals surface area contributed by atoms with Crippen LogP contribution in [0.25, 0.3) is 11.0 Å². The van der Waals surface area contributed by atoms with Gasteiger partial charge >= 0.3 is 0 Å². The van der Waals surface area contributed by atoms with Crippen LogP contribution in [0.15, 0.2) is 52.4 Å². The molecule has 3 heterocycles. The summed E-state index contributed by atoms with van der Waals surface area (Å²) < 4.78 is 25.8. The van der Waals surface area contributed by atoms with Gasteiger partial charge < -0.3 is 9.80 Å². The summed E-state index contributed by atoms with van der Waals surface area (Å²) in [6, 6.07) is 12.1. The summed E-state index contributed by atoms with van der Waals surface area (Å²) in [5.41, 5.74) is 1.01. The molecule has 1 saturated heterocycles. The number of nitrogens with zero attached hydrogens (tertiary/aromatic N) is 4. The third-order valence-corrected chi connectivity index (χ3v) is 6.18. The number of aromatic amines is 1. The number of benzene rings is 1. The number of rotatable bonds is 3. The van der Waals surface area contributed by atoms with Gasteiger partial charge in [-0.1, -0.05) is 18.2 Å². The lowest BCUT2D eigenvalue weighted by atomic mass is 10.3. The molecule has 9 heteroatoms. The van der Waals surface area contributed by atoms with Gasteiger partial charge in [0.2, 0.25) is 14.9 Å². The van der Waals surface area contributed by atoms with E-state index >= 15 is 0 Å². The lowest BCUT2D eigenvalue weighted by Crippen LogP contribution is -2.44. The number of H-pyrrole nitrogens is 1. The molecule has 1 aromatic carbocycles. The number of piperazine rings is 1. The molecule has 0 amide bonds. The van der Waals surface area contributed by atoms with Crippen LogP contribution in [-0.2, 0) is 9.84 Å². The molecule has 0 atom stereocenters. The summed E-state index contributed by atoms with van der Waals surface area (Å²) in [6.45, 7) is 3.65. The Kier molecular flexibility index (Phi) is 5.17. The van der Waals surface area contributed by atoms with Gasteiger partial charge in [-0.2, -0.15) is 5.10 Å². The SMILES string of the molecule is CN1CCN(c2ccc3[nH]nc(S(=O)(=O)c4ccccc4)c3n2)CC1.Cl. The molecule has 0 aliphatic carbocycles. The Morgan fingerprint density at radius 1 is 1.00 bits per heavy atom. The highest BCUT2D eigenvalue weighted by molar-refractivity contribution is 7.91. The van der Waals surface area contributed by atoms with Crippen LogP contribution in [0.4, 0.5) is 5.82 Å². The Labute approximate surface area is 158 Å². The second kappa shape index (κ2) is 7.22. The largest absolute Gasteiger partial charge is 0.354 e. The molecule has 0 bridgehead atoms. The summed E-state index contributed by atoms with van der Waals surface area (Å²) in [5.74, 6) is 0.784. The van der Waals surface area contributed by atoms with Gasteiger partial charge in [-0.3, -0.25) is 5.10 Å². The van der Waals surface area contributed by atoms with Crippen LogP contribution in [0, 0.1) is 0 Å². The molecule has 0 spiro atoms. The van der Waals surface area contributed by atoms with Crippen molar-refractivity contribution in [2.45, 2.75) is 9.92 Å². The smallest absolute Gasteiger partial charge is 0.227 e. The maximum absolute atomic E-state index is 12.9. The van der Waals surface area contributed by atoms with E-state index in [-0.39, 0.29) is 22.3 Å². The number of aromatic nitrogens is 3. The van der Waals surface area contributed by atoms with E-state index in [4.69, 9.17) is 0 Å². The molecular weight excluding hydrogens is 374 g/mol. The van der Waals surface area contributed by atoms with Gasteiger partial charge in [-0.05, 0) is 31.3 Å². The molecule has 1 N–H and O–H groups in total. The Morgan fingerprint density at radius 3 is 2.38 bits per heavy atom. The van der Waals surface area contributed by atoms with Gasteiger partial charge in [0, 0.05) is 26.2 Å². The van der Waals surface area contributed by atoms with E-state index in [0.29, 0.717) is 11.0 Å². The van der Waals surface area contributed by atoms with E-state index in [1.807, 2.05) is 12.1 Å². The summed E-state index contributed by atoms with van der Waals surface area (Å²) in [4.78, 5) is 9.26. The number of pyridine rings is 1. The summed E-state index contributed by atoms with van der Waals surface area (Å²) in [7, 11) is -1.62. The number of nitrogens with one attached hydrogen (secondary N) is 1. The molecule has 0 saturated carbocycles. The molecule has 138 valence electrons. The number of halogens is 1. The van der Waals surface area contributed by atoms with Crippen LogP contribution in [0.2, 0.25) is 0 Å². The third kappa shape index (κ3) is 3.27. The second-order valence-electron chi connectivity index (χ2n) is 6.20. The molecule has 7 nitrogen and oxygen atoms in total. The van der Waals surface area contributed by atoms with Crippen molar-refractivity contribution in [3.8, 4) is 0 Å². The first kappa shape index (κ1) is 18.6. The van der Waals surface area contributed by atoms with Crippen molar-refractivity contribution in [3.05, 3.63) is 42.5 Å². The number of likely N-dealkylation sites (N-methyl/N-ethyl adjacent to an activating group) is 1. The van der Waals surface area contributed by atoms with Crippen molar-refractivity contribution in [1.82, 2.24) is 20.1 Å². The Morgan fingerprint density at radius 2 is 1.69 bits per heavy atom. The zero-order valence-corrected chi connectivity index (χ0v) is 15.9. The van der Waals surface area contributed by atoms with Crippen molar-refractivity contribution in [1.29, 1.82) is 0 Å². The van der Waals surface area contributed by atoms with E-state index in [1.165, 1.54) is 0 Å². The highest BCUT2D eigenvalue weighted by Crippen LogP contribution is 2.27. The molecule has 1 aliphatic rings. The van der Waals surface area contributed by atoms with E-state index < -0.39 is 9.84 Å². The van der Waals surface area contributed by atoms with Crippen LogP contribution in [-0.4, -0.2) is 61.7 Å². The van der Waals surface area contributed by atoms with Crippen LogP contribution >= 0.6 is 12.4 Å². The molecule has 1 aliphatic heterocycles. The van der Waals surface area contributed by atoms with E-state index in [1.54, 1.807) is 30.3 Å². The number of hydrogen-bond acceptors (Lipinski definition) is 6. The molecule has 4 rings (SSSR count). The molecular formula is C17H20ClN5O2S. The number of anilines is 1. The predicted molar refractivity (Wildman–Crippen MR) is 103 cm³/mol. The minimum absolute atomic E-state index is 0. The lowest BCUT2D eigenvalue weighted by molar-refractivity contribution is 0.312. The molecule has 1 fully saturated rings. The van der Waals surface area contributed by atoms with E-state index in [0.717, 1.165) is 32.0 Å². The molecule has 0 radical (unpaired) electrons. The van der Waals surface area contributed by atoms with Gasteiger partial charge in [0.1, 0.15) is 11.3 Å². The Hall–Kier alpha value is -2.16. The van der Waals surface area contributed by atoms with Crippen LogP contribution in [0.1, 0.15) is 0 Å². The first-order valence-corrected chi connectivity index (χ1v) is 9.63. The molecule has 0 unspecified atom stereocenters. The standard InChI is InChI=1S/C17H19N5O2S.ClH/c1-21-9-11-22(12-10-21)15-8-7-14-16(18-15)17(20-19-14)25(23,24)13-5-3-2-4-6-13;/h2-8H,9-12H2,1H3,(H,19,20);1H. The maximum atomic E-state index is 12.9. The van der Waals surface area contributed by atoms with Crippen molar-refractivity contribution in [2.24, 2.45) is 0 Å². The third-order valence-electron chi connectivity index (χ3n) is 4.50. The highest BCUT2D eigenvalue weighted by Gasteiger charge is 2.25. The van der Waals surface area contributed by atoms with Crippen molar-refractivity contribution < 1.29 is 8.42 Å². The van der Waals surface area contributed by atoms with Crippen molar-refractivity contribution in [2.75, 3.05) is 38.1 Å². The van der Waals surface area contributed by atoms with Crippen molar-refractivity contribution in [3.63, 3.8) is 0 Å². The number of hydrogen-bond donors (Lipinski definition) is 1. The fraction of sp³-hybridized carbons (Fsp3) is 0.294. The van der Waals surface area contributed by atoms with Crippen LogP contribution < -0.4 is 4.90 Å². The monoisotopic (exact) mass is 393 g/mol. The first-order valence-electron chi connectivity index (χ1n) is 8.14. The summed E-state index contributed by atoms with van der Waals surface area (Å²) in [5, 5.41) is 6.80. The van der Waals surface area contributed by atoms with Gasteiger partial charge in [-0.15, -0.1) is 12.4 Å². The second-order valence-corrected chi connectivity index (χ2v) is 8.07.